The molecule has 1 aromatic carbocycles. The molecule has 1 aliphatic rings. The number of rotatable bonds is 6. The zero-order valence-corrected chi connectivity index (χ0v) is 18.2. The van der Waals surface area contributed by atoms with E-state index in [9.17, 15) is 9.59 Å². The highest BCUT2D eigenvalue weighted by Crippen LogP contribution is 2.17. The summed E-state index contributed by atoms with van der Waals surface area (Å²) in [5.74, 6) is 0.420. The molecule has 2 amide bonds. The van der Waals surface area contributed by atoms with Crippen molar-refractivity contribution in [3.63, 3.8) is 0 Å². The van der Waals surface area contributed by atoms with E-state index in [4.69, 9.17) is 0 Å². The minimum Gasteiger partial charge on any atom is -0.351 e. The van der Waals surface area contributed by atoms with Crippen LogP contribution < -0.4 is 15.5 Å². The minimum absolute atomic E-state index is 0.0777. The lowest BCUT2D eigenvalue weighted by atomic mass is 10.0. The van der Waals surface area contributed by atoms with Crippen LogP contribution in [0.1, 0.15) is 42.3 Å². The summed E-state index contributed by atoms with van der Waals surface area (Å²) in [6.07, 6.45) is 2.11. The van der Waals surface area contributed by atoms with Gasteiger partial charge in [0.25, 0.3) is 0 Å². The molecule has 1 aromatic heterocycles. The number of aryl methyl sites for hydroxylation is 3. The molecular formula is C23H31N5O2. The Morgan fingerprint density at radius 2 is 1.67 bits per heavy atom. The summed E-state index contributed by atoms with van der Waals surface area (Å²) in [5.41, 5.74) is 4.11. The largest absolute Gasteiger partial charge is 0.351 e. The van der Waals surface area contributed by atoms with E-state index in [1.54, 1.807) is 0 Å². The van der Waals surface area contributed by atoms with Crippen molar-refractivity contribution in [1.29, 1.82) is 0 Å². The molecule has 2 N–H and O–H groups in total. The molecule has 30 heavy (non-hydrogen) atoms. The molecule has 160 valence electrons. The predicted octanol–water partition coefficient (Wildman–Crippen LogP) is 2.23. The van der Waals surface area contributed by atoms with Crippen molar-refractivity contribution in [3.05, 3.63) is 52.8 Å². The number of piperidine rings is 1. The third-order valence-corrected chi connectivity index (χ3v) is 5.35. The van der Waals surface area contributed by atoms with E-state index in [0.29, 0.717) is 6.42 Å². The van der Waals surface area contributed by atoms with Crippen molar-refractivity contribution < 1.29 is 9.59 Å². The number of anilines is 1. The number of nitrogens with zero attached hydrogens (tertiary/aromatic N) is 3. The normalized spacial score (nSPS) is 15.5. The number of benzene rings is 1. The maximum absolute atomic E-state index is 12.9. The van der Waals surface area contributed by atoms with Crippen LogP contribution in [0.2, 0.25) is 0 Å². The Kier molecular flexibility index (Phi) is 7.03. The number of carbonyl (C=O) groups excluding carboxylic acids is 2. The number of hydrogen-bond acceptors (Lipinski definition) is 5. The van der Waals surface area contributed by atoms with Gasteiger partial charge in [-0.25, -0.2) is 9.97 Å². The average Bonchev–Trinajstić information content (AvgIpc) is 2.68. The van der Waals surface area contributed by atoms with Crippen LogP contribution in [0.15, 0.2) is 30.3 Å². The highest BCUT2D eigenvalue weighted by atomic mass is 16.2. The van der Waals surface area contributed by atoms with Gasteiger partial charge in [-0.2, -0.15) is 0 Å². The van der Waals surface area contributed by atoms with Crippen molar-refractivity contribution in [2.75, 3.05) is 18.0 Å². The molecule has 7 heteroatoms. The van der Waals surface area contributed by atoms with Crippen LogP contribution in [0.3, 0.4) is 0 Å². The van der Waals surface area contributed by atoms with Gasteiger partial charge in [0.05, 0.1) is 0 Å². The van der Waals surface area contributed by atoms with E-state index < -0.39 is 6.04 Å². The van der Waals surface area contributed by atoms with Crippen LogP contribution in [-0.4, -0.2) is 47.0 Å². The van der Waals surface area contributed by atoms with Crippen LogP contribution >= 0.6 is 0 Å². The fourth-order valence-electron chi connectivity index (χ4n) is 3.79. The van der Waals surface area contributed by atoms with Crippen LogP contribution in [0, 0.1) is 20.8 Å². The first-order chi connectivity index (χ1) is 14.3. The predicted molar refractivity (Wildman–Crippen MR) is 117 cm³/mol. The maximum Gasteiger partial charge on any atom is 0.243 e. The molecule has 1 aliphatic heterocycles. The Hall–Kier alpha value is -2.96. The summed E-state index contributed by atoms with van der Waals surface area (Å²) in [5, 5.41) is 5.93. The summed E-state index contributed by atoms with van der Waals surface area (Å²) >= 11 is 0. The Morgan fingerprint density at radius 3 is 2.23 bits per heavy atom. The van der Waals surface area contributed by atoms with Crippen LogP contribution in [0.25, 0.3) is 0 Å². The van der Waals surface area contributed by atoms with Gasteiger partial charge in [-0.15, -0.1) is 0 Å². The summed E-state index contributed by atoms with van der Waals surface area (Å²) in [6.45, 7) is 8.99. The molecule has 1 saturated heterocycles. The summed E-state index contributed by atoms with van der Waals surface area (Å²) in [6, 6.07) is 9.50. The fraction of sp³-hybridized carbons (Fsp3) is 0.478. The SMILES string of the molecule is CC(=O)NC(Cc1ccc(C)cc1)C(=O)NC1CCN(c2nc(C)cc(C)n2)CC1. The van der Waals surface area contributed by atoms with Gasteiger partial charge in [0.15, 0.2) is 0 Å². The summed E-state index contributed by atoms with van der Waals surface area (Å²) < 4.78 is 0. The van der Waals surface area contributed by atoms with Gasteiger partial charge >= 0.3 is 0 Å². The number of aromatic nitrogens is 2. The van der Waals surface area contributed by atoms with Gasteiger partial charge in [0.1, 0.15) is 6.04 Å². The van der Waals surface area contributed by atoms with Crippen LogP contribution in [0.4, 0.5) is 5.95 Å². The van der Waals surface area contributed by atoms with E-state index in [0.717, 1.165) is 48.8 Å². The van der Waals surface area contributed by atoms with Crippen molar-refractivity contribution in [2.45, 2.75) is 59.0 Å². The van der Waals surface area contributed by atoms with E-state index in [1.807, 2.05) is 51.1 Å². The molecule has 7 nitrogen and oxygen atoms in total. The second-order valence-electron chi connectivity index (χ2n) is 8.16. The number of nitrogens with one attached hydrogen (secondary N) is 2. The average molecular weight is 410 g/mol. The Bertz CT molecular complexity index is 869. The Labute approximate surface area is 178 Å². The van der Waals surface area contributed by atoms with E-state index >= 15 is 0 Å². The van der Waals surface area contributed by atoms with Gasteiger partial charge in [-0.3, -0.25) is 9.59 Å². The van der Waals surface area contributed by atoms with Gasteiger partial charge in [-0.05, 0) is 45.2 Å². The third-order valence-electron chi connectivity index (χ3n) is 5.35. The first kappa shape index (κ1) is 21.7. The highest BCUT2D eigenvalue weighted by Gasteiger charge is 2.26. The Balaban J connectivity index is 1.58. The fourth-order valence-corrected chi connectivity index (χ4v) is 3.79. The molecule has 0 saturated carbocycles. The minimum atomic E-state index is -0.578. The summed E-state index contributed by atoms with van der Waals surface area (Å²) in [7, 11) is 0. The second-order valence-corrected chi connectivity index (χ2v) is 8.16. The molecule has 0 aliphatic carbocycles. The van der Waals surface area contributed by atoms with Crippen molar-refractivity contribution >= 4 is 17.8 Å². The standard InChI is InChI=1S/C23H31N5O2/c1-15-5-7-19(8-6-15)14-21(26-18(4)29)22(30)27-20-9-11-28(12-10-20)23-24-16(2)13-17(3)25-23/h5-8,13,20-21H,9-12,14H2,1-4H3,(H,26,29)(H,27,30). The van der Waals surface area contributed by atoms with Crippen molar-refractivity contribution in [1.82, 2.24) is 20.6 Å². The smallest absolute Gasteiger partial charge is 0.243 e. The zero-order valence-electron chi connectivity index (χ0n) is 18.2. The van der Waals surface area contributed by atoms with E-state index in [2.05, 4.69) is 25.5 Å². The number of hydrogen-bond donors (Lipinski definition) is 2. The lowest BCUT2D eigenvalue weighted by molar-refractivity contribution is -0.128. The lowest BCUT2D eigenvalue weighted by Gasteiger charge is -2.33. The third kappa shape index (κ3) is 6.02. The quantitative estimate of drug-likeness (QED) is 0.764. The number of carbonyl (C=O) groups is 2. The molecule has 1 fully saturated rings. The molecule has 0 bridgehead atoms. The van der Waals surface area contributed by atoms with Gasteiger partial charge in [-0.1, -0.05) is 29.8 Å². The zero-order chi connectivity index (χ0) is 21.7. The Morgan fingerprint density at radius 1 is 1.07 bits per heavy atom. The van der Waals surface area contributed by atoms with Gasteiger partial charge in [0, 0.05) is 43.9 Å². The topological polar surface area (TPSA) is 87.2 Å². The summed E-state index contributed by atoms with van der Waals surface area (Å²) in [4.78, 5) is 35.8. The molecule has 1 unspecified atom stereocenters. The van der Waals surface area contributed by atoms with Crippen LogP contribution in [0.5, 0.6) is 0 Å². The molecular weight excluding hydrogens is 378 g/mol. The second kappa shape index (κ2) is 9.69. The monoisotopic (exact) mass is 409 g/mol. The van der Waals surface area contributed by atoms with Crippen molar-refractivity contribution in [2.24, 2.45) is 0 Å². The molecule has 0 radical (unpaired) electrons. The van der Waals surface area contributed by atoms with Crippen molar-refractivity contribution in [3.8, 4) is 0 Å². The molecule has 0 spiro atoms. The molecule has 2 heterocycles. The first-order valence-corrected chi connectivity index (χ1v) is 10.5. The molecule has 1 atom stereocenters. The number of amides is 2. The van der Waals surface area contributed by atoms with E-state index in [1.165, 1.54) is 12.5 Å². The van der Waals surface area contributed by atoms with E-state index in [-0.39, 0.29) is 17.9 Å². The maximum atomic E-state index is 12.9. The molecule has 2 aromatic rings. The highest BCUT2D eigenvalue weighted by molar-refractivity contribution is 5.87. The first-order valence-electron chi connectivity index (χ1n) is 10.5. The molecule has 3 rings (SSSR count). The lowest BCUT2D eigenvalue weighted by Crippen LogP contribution is -2.52. The van der Waals surface area contributed by atoms with Gasteiger partial charge < -0.3 is 15.5 Å². The van der Waals surface area contributed by atoms with Gasteiger partial charge in [0.2, 0.25) is 17.8 Å². The van der Waals surface area contributed by atoms with Crippen LogP contribution in [-0.2, 0) is 16.0 Å².